The van der Waals surface area contributed by atoms with Crippen molar-refractivity contribution < 1.29 is 19.5 Å². The van der Waals surface area contributed by atoms with Crippen molar-refractivity contribution in [2.24, 2.45) is 11.3 Å². The Kier molecular flexibility index (Phi) is 6.41. The number of fused-ring (bicyclic) bond motifs is 3. The van der Waals surface area contributed by atoms with Gasteiger partial charge in [-0.25, -0.2) is 4.79 Å². The summed E-state index contributed by atoms with van der Waals surface area (Å²) in [6, 6.07) is 7.54. The summed E-state index contributed by atoms with van der Waals surface area (Å²) in [5, 5.41) is 16.0. The van der Waals surface area contributed by atoms with Crippen molar-refractivity contribution in [2.75, 3.05) is 19.6 Å². The summed E-state index contributed by atoms with van der Waals surface area (Å²) in [7, 11) is 0. The van der Waals surface area contributed by atoms with Crippen molar-refractivity contribution in [3.05, 3.63) is 41.6 Å². The molecule has 0 radical (unpaired) electrons. The summed E-state index contributed by atoms with van der Waals surface area (Å²) in [5.74, 6) is -1.76. The van der Waals surface area contributed by atoms with Crippen LogP contribution in [0.5, 0.6) is 0 Å². The highest BCUT2D eigenvalue weighted by Gasteiger charge is 2.51. The van der Waals surface area contributed by atoms with Gasteiger partial charge < -0.3 is 20.3 Å². The molecule has 1 aromatic carbocycles. The Morgan fingerprint density at radius 1 is 1.19 bits per heavy atom. The maximum absolute atomic E-state index is 13.6. The fourth-order valence-corrected chi connectivity index (χ4v) is 6.63. The van der Waals surface area contributed by atoms with Gasteiger partial charge in [0.05, 0.1) is 18.1 Å². The Morgan fingerprint density at radius 2 is 1.97 bits per heavy atom. The number of nitrogens with one attached hydrogen (secondary N) is 2. The summed E-state index contributed by atoms with van der Waals surface area (Å²) in [6.45, 7) is 7.86. The number of aromatic nitrogens is 1. The molecule has 36 heavy (non-hydrogen) atoms. The number of carbonyl (C=O) groups excluding carboxylic acids is 2. The number of aliphatic carboxylic acids is 1. The Hall–Kier alpha value is -3.13. The van der Waals surface area contributed by atoms with Gasteiger partial charge in [-0.15, -0.1) is 0 Å². The van der Waals surface area contributed by atoms with Gasteiger partial charge in [0.1, 0.15) is 11.7 Å². The standard InChI is InChI=1S/C28H36N4O4/c1-4-28-11-7-12-31-13-10-19-18-8-5-6-9-21(18)32(24(19)25(28)31)22(15-28)26(34)29-16-23(33)30-20(27(35)36)14-17(2)3/h5-6,8-9,15,17,20,25H,4,7,10-14,16H2,1-3H3,(H,29,34)(H,30,33)(H,35,36)/t20-,25+,28-/m0/s1. The quantitative estimate of drug-likeness (QED) is 0.525. The first-order chi connectivity index (χ1) is 17.3. The van der Waals surface area contributed by atoms with E-state index in [2.05, 4.69) is 51.3 Å². The van der Waals surface area contributed by atoms with Gasteiger partial charge in [0.15, 0.2) is 0 Å². The van der Waals surface area contributed by atoms with Crippen LogP contribution in [0.15, 0.2) is 30.3 Å². The SMILES string of the molecule is CC[C@@]12C=C(C(=O)NCC(=O)N[C@@H](CC(C)C)C(=O)O)n3c4c(c5ccccc53)CCN(CCC1)[C@H]42. The summed E-state index contributed by atoms with van der Waals surface area (Å²) in [6.07, 6.45) is 6.51. The molecule has 3 atom stereocenters. The molecule has 1 fully saturated rings. The number of benzene rings is 1. The Morgan fingerprint density at radius 3 is 2.69 bits per heavy atom. The van der Waals surface area contributed by atoms with Crippen LogP contribution in [-0.4, -0.2) is 58.0 Å². The van der Waals surface area contributed by atoms with Crippen molar-refractivity contribution in [1.29, 1.82) is 0 Å². The van der Waals surface area contributed by atoms with Crippen molar-refractivity contribution in [3.8, 4) is 0 Å². The fraction of sp³-hybridized carbons (Fsp3) is 0.536. The van der Waals surface area contributed by atoms with Crippen LogP contribution in [0.4, 0.5) is 0 Å². The first-order valence-corrected chi connectivity index (χ1v) is 13.2. The van der Waals surface area contributed by atoms with E-state index in [0.29, 0.717) is 12.1 Å². The summed E-state index contributed by atoms with van der Waals surface area (Å²) in [4.78, 5) is 40.3. The van der Waals surface area contributed by atoms with Crippen molar-refractivity contribution >= 4 is 34.4 Å². The van der Waals surface area contributed by atoms with Gasteiger partial charge in [-0.2, -0.15) is 0 Å². The molecule has 192 valence electrons. The third-order valence-corrected chi connectivity index (χ3v) is 8.23. The molecule has 3 aliphatic heterocycles. The number of carboxylic acids is 1. The molecule has 0 aliphatic carbocycles. The van der Waals surface area contributed by atoms with Crippen molar-refractivity contribution in [3.63, 3.8) is 0 Å². The van der Waals surface area contributed by atoms with Crippen LogP contribution < -0.4 is 10.6 Å². The predicted octanol–water partition coefficient (Wildman–Crippen LogP) is 3.32. The zero-order valence-electron chi connectivity index (χ0n) is 21.3. The van der Waals surface area contributed by atoms with Crippen LogP contribution in [0.25, 0.3) is 16.6 Å². The van der Waals surface area contributed by atoms with E-state index >= 15 is 0 Å². The van der Waals surface area contributed by atoms with Crippen molar-refractivity contribution in [2.45, 2.75) is 65.0 Å². The topological polar surface area (TPSA) is 104 Å². The monoisotopic (exact) mass is 492 g/mol. The van der Waals surface area contributed by atoms with Gasteiger partial charge in [-0.3, -0.25) is 14.5 Å². The molecule has 2 aromatic rings. The highest BCUT2D eigenvalue weighted by atomic mass is 16.4. The summed E-state index contributed by atoms with van der Waals surface area (Å²) < 4.78 is 2.12. The van der Waals surface area contributed by atoms with Gasteiger partial charge in [-0.1, -0.05) is 39.0 Å². The fourth-order valence-electron chi connectivity index (χ4n) is 6.63. The first kappa shape index (κ1) is 24.6. The van der Waals surface area contributed by atoms with Crippen LogP contribution in [0.1, 0.15) is 63.8 Å². The lowest BCUT2D eigenvalue weighted by atomic mass is 9.66. The normalized spacial score (nSPS) is 23.7. The van der Waals surface area contributed by atoms with Crippen molar-refractivity contribution in [1.82, 2.24) is 20.1 Å². The minimum Gasteiger partial charge on any atom is -0.480 e. The molecule has 0 spiro atoms. The van der Waals surface area contributed by atoms with E-state index in [1.807, 2.05) is 19.9 Å². The molecule has 8 heteroatoms. The predicted molar refractivity (Wildman–Crippen MR) is 138 cm³/mol. The van der Waals surface area contributed by atoms with E-state index in [1.54, 1.807) is 0 Å². The highest BCUT2D eigenvalue weighted by molar-refractivity contribution is 6.17. The Balaban J connectivity index is 1.47. The molecule has 3 aliphatic rings. The molecule has 1 aromatic heterocycles. The molecule has 2 amide bonds. The number of para-hydroxylation sites is 1. The summed E-state index contributed by atoms with van der Waals surface area (Å²) >= 11 is 0. The second kappa shape index (κ2) is 9.39. The number of amides is 2. The van der Waals surface area contributed by atoms with Crippen LogP contribution in [0.3, 0.4) is 0 Å². The zero-order chi connectivity index (χ0) is 25.6. The number of piperidine rings is 1. The third-order valence-electron chi connectivity index (χ3n) is 8.23. The van der Waals surface area contributed by atoms with Gasteiger partial charge in [0, 0.05) is 23.0 Å². The molecule has 5 rings (SSSR count). The average molecular weight is 493 g/mol. The van der Waals surface area contributed by atoms with E-state index in [0.717, 1.165) is 44.3 Å². The number of hydrogen-bond donors (Lipinski definition) is 3. The second-order valence-corrected chi connectivity index (χ2v) is 10.9. The van der Waals surface area contributed by atoms with E-state index in [9.17, 15) is 19.5 Å². The molecule has 3 N–H and O–H groups in total. The van der Waals surface area contributed by atoms with Crippen LogP contribution in [0, 0.1) is 11.3 Å². The van der Waals surface area contributed by atoms with Gasteiger partial charge in [0.2, 0.25) is 5.91 Å². The van der Waals surface area contributed by atoms with Gasteiger partial charge >= 0.3 is 5.97 Å². The molecule has 8 nitrogen and oxygen atoms in total. The highest BCUT2D eigenvalue weighted by Crippen LogP contribution is 2.56. The smallest absolute Gasteiger partial charge is 0.326 e. The molecular weight excluding hydrogens is 456 g/mol. The average Bonchev–Trinajstić information content (AvgIpc) is 3.20. The van der Waals surface area contributed by atoms with Crippen LogP contribution in [-0.2, 0) is 20.8 Å². The van der Waals surface area contributed by atoms with E-state index in [-0.39, 0.29) is 29.8 Å². The second-order valence-electron chi connectivity index (χ2n) is 10.9. The van der Waals surface area contributed by atoms with E-state index in [4.69, 9.17) is 0 Å². The minimum absolute atomic E-state index is 0.120. The first-order valence-electron chi connectivity index (χ1n) is 13.2. The Labute approximate surface area is 211 Å². The molecule has 0 saturated carbocycles. The van der Waals surface area contributed by atoms with Crippen LogP contribution >= 0.6 is 0 Å². The number of carbonyl (C=O) groups is 3. The number of nitrogens with zero attached hydrogens (tertiary/aromatic N) is 2. The van der Waals surface area contributed by atoms with Gasteiger partial charge in [-0.05, 0) is 62.3 Å². The lowest BCUT2D eigenvalue weighted by Gasteiger charge is -2.53. The lowest BCUT2D eigenvalue weighted by molar-refractivity contribution is -0.142. The lowest BCUT2D eigenvalue weighted by Crippen LogP contribution is -2.51. The number of carboxylic acid groups (broad SMARTS) is 1. The molecule has 0 unspecified atom stereocenters. The Bertz CT molecular complexity index is 1250. The molecule has 1 saturated heterocycles. The molecular formula is C28H36N4O4. The van der Waals surface area contributed by atoms with E-state index in [1.165, 1.54) is 16.6 Å². The van der Waals surface area contributed by atoms with E-state index < -0.39 is 17.9 Å². The molecule has 4 heterocycles. The maximum atomic E-state index is 13.6. The largest absolute Gasteiger partial charge is 0.480 e. The third kappa shape index (κ3) is 4.01. The zero-order valence-corrected chi connectivity index (χ0v) is 21.3. The van der Waals surface area contributed by atoms with Gasteiger partial charge in [0.25, 0.3) is 5.91 Å². The van der Waals surface area contributed by atoms with Crippen LogP contribution in [0.2, 0.25) is 0 Å². The molecule has 0 bridgehead atoms. The minimum atomic E-state index is -1.07. The number of rotatable bonds is 8. The maximum Gasteiger partial charge on any atom is 0.326 e. The number of hydrogen-bond acceptors (Lipinski definition) is 4. The summed E-state index contributed by atoms with van der Waals surface area (Å²) in [5.41, 5.74) is 4.02.